The van der Waals surface area contributed by atoms with Crippen LogP contribution in [0.5, 0.6) is 0 Å². The van der Waals surface area contributed by atoms with Crippen LogP contribution >= 0.6 is 0 Å². The number of methoxy groups -OCH3 is 1. The van der Waals surface area contributed by atoms with Crippen molar-refractivity contribution in [2.45, 2.75) is 32.2 Å². The fraction of sp³-hybridized carbons (Fsp3) is 0.750. The Labute approximate surface area is 137 Å². The van der Waals surface area contributed by atoms with E-state index >= 15 is 0 Å². The molecule has 0 saturated carbocycles. The number of nitrogens with one attached hydrogen (secondary N) is 1. The molecule has 1 saturated heterocycles. The number of amides is 1. The second kappa shape index (κ2) is 8.88. The lowest BCUT2D eigenvalue weighted by molar-refractivity contribution is -0.123. The minimum Gasteiger partial charge on any atom is -0.382 e. The molecule has 0 aliphatic carbocycles. The summed E-state index contributed by atoms with van der Waals surface area (Å²) in [5.41, 5.74) is 1.02. The van der Waals surface area contributed by atoms with Crippen molar-refractivity contribution in [2.75, 3.05) is 44.9 Å². The largest absolute Gasteiger partial charge is 0.382 e. The van der Waals surface area contributed by atoms with Crippen molar-refractivity contribution in [3.63, 3.8) is 0 Å². The zero-order chi connectivity index (χ0) is 16.7. The molecule has 1 unspecified atom stereocenters. The number of aryl methyl sites for hydroxylation is 2. The second-order valence-electron chi connectivity index (χ2n) is 5.98. The van der Waals surface area contributed by atoms with Crippen LogP contribution < -0.4 is 10.2 Å². The predicted octanol–water partition coefficient (Wildman–Crippen LogP) is 0.867. The fourth-order valence-corrected chi connectivity index (χ4v) is 2.90. The van der Waals surface area contributed by atoms with Gasteiger partial charge in [0.25, 0.3) is 0 Å². The van der Waals surface area contributed by atoms with Crippen LogP contribution in [0.2, 0.25) is 0 Å². The van der Waals surface area contributed by atoms with Crippen LogP contribution in [0, 0.1) is 6.92 Å². The molecule has 7 nitrogen and oxygen atoms in total. The minimum atomic E-state index is 0.0513. The van der Waals surface area contributed by atoms with Gasteiger partial charge >= 0.3 is 0 Å². The van der Waals surface area contributed by atoms with Crippen molar-refractivity contribution < 1.29 is 14.3 Å². The molecule has 2 rings (SSSR count). The number of piperidine rings is 1. The van der Waals surface area contributed by atoms with Crippen molar-refractivity contribution in [2.24, 2.45) is 7.05 Å². The number of carbonyl (C=O) groups excluding carboxylic acids is 1. The summed E-state index contributed by atoms with van der Waals surface area (Å²) in [4.78, 5) is 14.3. The molecule has 1 aliphatic heterocycles. The molecular formula is C16H28N4O3. The smallest absolute Gasteiger partial charge is 0.222 e. The zero-order valence-electron chi connectivity index (χ0n) is 14.4. The molecule has 1 aromatic rings. The van der Waals surface area contributed by atoms with E-state index in [1.165, 1.54) is 0 Å². The van der Waals surface area contributed by atoms with Crippen molar-refractivity contribution in [1.82, 2.24) is 15.1 Å². The van der Waals surface area contributed by atoms with E-state index in [4.69, 9.17) is 9.47 Å². The third-order valence-electron chi connectivity index (χ3n) is 3.99. The molecule has 23 heavy (non-hydrogen) atoms. The molecule has 1 aliphatic rings. The van der Waals surface area contributed by atoms with Crippen LogP contribution in [-0.2, 0) is 21.3 Å². The van der Waals surface area contributed by atoms with Gasteiger partial charge in [-0.2, -0.15) is 5.10 Å². The van der Waals surface area contributed by atoms with Gasteiger partial charge in [0, 0.05) is 45.8 Å². The average Bonchev–Trinajstić information content (AvgIpc) is 2.86. The number of aromatic nitrogens is 2. The van der Waals surface area contributed by atoms with Gasteiger partial charge in [-0.15, -0.1) is 0 Å². The van der Waals surface area contributed by atoms with Gasteiger partial charge in [0.1, 0.15) is 5.82 Å². The highest BCUT2D eigenvalue weighted by Gasteiger charge is 2.23. The van der Waals surface area contributed by atoms with Gasteiger partial charge in [-0.3, -0.25) is 9.48 Å². The maximum atomic E-state index is 12.0. The standard InChI is InChI=1S/C16H28N4O3/c1-13-11-16(19(2)18-13)20-7-4-5-14(12-20)17-15(21)6-8-23-10-9-22-3/h11,14H,4-10,12H2,1-3H3,(H,17,21). The maximum absolute atomic E-state index is 12.0. The summed E-state index contributed by atoms with van der Waals surface area (Å²) < 4.78 is 12.1. The minimum absolute atomic E-state index is 0.0513. The molecular weight excluding hydrogens is 296 g/mol. The molecule has 0 bridgehead atoms. The van der Waals surface area contributed by atoms with E-state index in [9.17, 15) is 4.79 Å². The summed E-state index contributed by atoms with van der Waals surface area (Å²) in [6.07, 6.45) is 2.48. The van der Waals surface area contributed by atoms with E-state index in [1.54, 1.807) is 7.11 Å². The Morgan fingerprint density at radius 3 is 2.96 bits per heavy atom. The van der Waals surface area contributed by atoms with Crippen molar-refractivity contribution in [1.29, 1.82) is 0 Å². The Morgan fingerprint density at radius 1 is 1.43 bits per heavy atom. The van der Waals surface area contributed by atoms with Gasteiger partial charge in [-0.05, 0) is 19.8 Å². The summed E-state index contributed by atoms with van der Waals surface area (Å²) in [6, 6.07) is 2.28. The van der Waals surface area contributed by atoms with Gasteiger partial charge in [0.15, 0.2) is 0 Å². The Balaban J connectivity index is 1.75. The highest BCUT2D eigenvalue weighted by molar-refractivity contribution is 5.76. The quantitative estimate of drug-likeness (QED) is 0.719. The number of hydrogen-bond acceptors (Lipinski definition) is 5. The summed E-state index contributed by atoms with van der Waals surface area (Å²) in [6.45, 7) is 5.35. The average molecular weight is 324 g/mol. The molecule has 1 fully saturated rings. The van der Waals surface area contributed by atoms with E-state index in [-0.39, 0.29) is 11.9 Å². The van der Waals surface area contributed by atoms with Crippen LogP contribution in [-0.4, -0.2) is 61.7 Å². The van der Waals surface area contributed by atoms with Crippen LogP contribution in [0.3, 0.4) is 0 Å². The zero-order valence-corrected chi connectivity index (χ0v) is 14.4. The molecule has 0 spiro atoms. The number of anilines is 1. The molecule has 1 amide bonds. The molecule has 1 atom stereocenters. The molecule has 1 aromatic heterocycles. The fourth-order valence-electron chi connectivity index (χ4n) is 2.90. The van der Waals surface area contributed by atoms with Gasteiger partial charge in [0.2, 0.25) is 5.91 Å². The van der Waals surface area contributed by atoms with Crippen LogP contribution in [0.25, 0.3) is 0 Å². The lowest BCUT2D eigenvalue weighted by Gasteiger charge is -2.34. The summed E-state index contributed by atoms with van der Waals surface area (Å²) in [5.74, 6) is 1.17. The Kier molecular flexibility index (Phi) is 6.85. The molecule has 0 radical (unpaired) electrons. The van der Waals surface area contributed by atoms with Gasteiger partial charge in [-0.25, -0.2) is 0 Å². The summed E-state index contributed by atoms with van der Waals surface area (Å²) in [5, 5.41) is 7.51. The molecule has 0 aromatic carbocycles. The summed E-state index contributed by atoms with van der Waals surface area (Å²) >= 11 is 0. The first-order valence-corrected chi connectivity index (χ1v) is 8.21. The van der Waals surface area contributed by atoms with Gasteiger partial charge in [-0.1, -0.05) is 0 Å². The first kappa shape index (κ1) is 17.7. The number of rotatable bonds is 8. The van der Waals surface area contributed by atoms with Crippen molar-refractivity contribution in [3.8, 4) is 0 Å². The molecule has 2 heterocycles. The number of nitrogens with zero attached hydrogens (tertiary/aromatic N) is 3. The monoisotopic (exact) mass is 324 g/mol. The molecule has 1 N–H and O–H groups in total. The first-order valence-electron chi connectivity index (χ1n) is 8.21. The maximum Gasteiger partial charge on any atom is 0.222 e. The van der Waals surface area contributed by atoms with E-state index in [1.807, 2.05) is 18.7 Å². The third-order valence-corrected chi connectivity index (χ3v) is 3.99. The number of hydrogen-bond donors (Lipinski definition) is 1. The van der Waals surface area contributed by atoms with Gasteiger partial charge < -0.3 is 19.7 Å². The molecule has 130 valence electrons. The first-order chi connectivity index (χ1) is 11.1. The Hall–Kier alpha value is -1.60. The Morgan fingerprint density at radius 2 is 2.26 bits per heavy atom. The number of carbonyl (C=O) groups is 1. The molecule has 7 heteroatoms. The SMILES string of the molecule is COCCOCCC(=O)NC1CCCN(c2cc(C)nn2C)C1. The lowest BCUT2D eigenvalue weighted by atomic mass is 10.1. The van der Waals surface area contributed by atoms with Gasteiger partial charge in [0.05, 0.1) is 25.5 Å². The van der Waals surface area contributed by atoms with Crippen LogP contribution in [0.15, 0.2) is 6.07 Å². The predicted molar refractivity (Wildman–Crippen MR) is 88.6 cm³/mol. The summed E-state index contributed by atoms with van der Waals surface area (Å²) in [7, 11) is 3.59. The van der Waals surface area contributed by atoms with Crippen molar-refractivity contribution >= 4 is 11.7 Å². The highest BCUT2D eigenvalue weighted by Crippen LogP contribution is 2.20. The second-order valence-corrected chi connectivity index (χ2v) is 5.98. The van der Waals surface area contributed by atoms with Crippen LogP contribution in [0.1, 0.15) is 25.0 Å². The topological polar surface area (TPSA) is 68.6 Å². The number of ether oxygens (including phenoxy) is 2. The Bertz CT molecular complexity index is 504. The third kappa shape index (κ3) is 5.51. The highest BCUT2D eigenvalue weighted by atomic mass is 16.5. The van der Waals surface area contributed by atoms with E-state index < -0.39 is 0 Å². The normalized spacial score (nSPS) is 18.2. The van der Waals surface area contributed by atoms with E-state index in [2.05, 4.69) is 21.4 Å². The van der Waals surface area contributed by atoms with E-state index in [0.29, 0.717) is 26.2 Å². The van der Waals surface area contributed by atoms with Crippen LogP contribution in [0.4, 0.5) is 5.82 Å². The lowest BCUT2D eigenvalue weighted by Crippen LogP contribution is -2.48. The van der Waals surface area contributed by atoms with Crippen molar-refractivity contribution in [3.05, 3.63) is 11.8 Å². The van der Waals surface area contributed by atoms with E-state index in [0.717, 1.165) is 37.4 Å².